The molecule has 1 aromatic heterocycles. The molecule has 0 aliphatic carbocycles. The number of amides is 2. The molecular formula is C23H24N4O4S. The van der Waals surface area contributed by atoms with E-state index in [1.165, 1.54) is 24.3 Å². The minimum Gasteiger partial charge on any atom is -0.322 e. The molecule has 3 rings (SSSR count). The number of aromatic nitrogens is 1. The lowest BCUT2D eigenvalue weighted by Gasteiger charge is -2.20. The van der Waals surface area contributed by atoms with E-state index in [1.54, 1.807) is 69.6 Å². The molecule has 2 aromatic carbocycles. The second-order valence-electron chi connectivity index (χ2n) is 8.10. The molecule has 166 valence electrons. The van der Waals surface area contributed by atoms with E-state index < -0.39 is 21.5 Å². The van der Waals surface area contributed by atoms with Crippen molar-refractivity contribution in [1.82, 2.24) is 9.71 Å². The summed E-state index contributed by atoms with van der Waals surface area (Å²) in [5.74, 6) is -0.752. The van der Waals surface area contributed by atoms with E-state index in [0.717, 1.165) is 0 Å². The Morgan fingerprint density at radius 2 is 1.38 bits per heavy atom. The predicted molar refractivity (Wildman–Crippen MR) is 123 cm³/mol. The molecular weight excluding hydrogens is 428 g/mol. The Labute approximate surface area is 187 Å². The van der Waals surface area contributed by atoms with Crippen LogP contribution in [0.15, 0.2) is 78.0 Å². The predicted octanol–water partition coefficient (Wildman–Crippen LogP) is 3.66. The van der Waals surface area contributed by atoms with Crippen LogP contribution in [-0.4, -0.2) is 30.8 Å². The molecule has 0 fully saturated rings. The summed E-state index contributed by atoms with van der Waals surface area (Å²) >= 11 is 0. The number of nitrogens with zero attached hydrogens (tertiary/aromatic N) is 1. The van der Waals surface area contributed by atoms with E-state index in [1.807, 2.05) is 0 Å². The Kier molecular flexibility index (Phi) is 6.71. The van der Waals surface area contributed by atoms with Gasteiger partial charge in [0.15, 0.2) is 0 Å². The molecule has 9 heteroatoms. The van der Waals surface area contributed by atoms with Crippen molar-refractivity contribution in [2.45, 2.75) is 31.2 Å². The molecule has 3 N–H and O–H groups in total. The Bertz CT molecular complexity index is 1220. The number of hydrogen-bond donors (Lipinski definition) is 3. The number of hydrogen-bond acceptors (Lipinski definition) is 5. The highest BCUT2D eigenvalue weighted by Crippen LogP contribution is 2.17. The van der Waals surface area contributed by atoms with Crippen molar-refractivity contribution in [3.8, 4) is 0 Å². The average molecular weight is 453 g/mol. The maximum Gasteiger partial charge on any atom is 0.255 e. The number of pyridine rings is 1. The summed E-state index contributed by atoms with van der Waals surface area (Å²) in [4.78, 5) is 29.0. The van der Waals surface area contributed by atoms with Crippen LogP contribution in [0.2, 0.25) is 0 Å². The van der Waals surface area contributed by atoms with Gasteiger partial charge in [-0.05, 0) is 75.4 Å². The fourth-order valence-electron chi connectivity index (χ4n) is 2.83. The molecule has 0 saturated heterocycles. The number of carbonyl (C=O) groups is 2. The van der Waals surface area contributed by atoms with Crippen LogP contribution in [-0.2, 0) is 10.0 Å². The van der Waals surface area contributed by atoms with Gasteiger partial charge in [0.1, 0.15) is 0 Å². The lowest BCUT2D eigenvalue weighted by atomic mass is 10.1. The minimum atomic E-state index is -3.69. The van der Waals surface area contributed by atoms with Gasteiger partial charge in [0.25, 0.3) is 11.8 Å². The average Bonchev–Trinajstić information content (AvgIpc) is 2.73. The van der Waals surface area contributed by atoms with E-state index in [4.69, 9.17) is 0 Å². The molecule has 0 spiro atoms. The number of sulfonamides is 1. The zero-order chi connectivity index (χ0) is 23.4. The standard InChI is InChI=1S/C23H24N4O4S/c1-23(2,3)27-32(30,31)20-9-7-16(8-10-20)21(28)26-19-6-4-5-17(15-19)22(29)25-18-11-13-24-14-12-18/h4-15,27H,1-3H3,(H,26,28)(H,24,25,29). The molecule has 1 heterocycles. The smallest absolute Gasteiger partial charge is 0.255 e. The molecule has 0 atom stereocenters. The van der Waals surface area contributed by atoms with Crippen molar-refractivity contribution < 1.29 is 18.0 Å². The number of benzene rings is 2. The van der Waals surface area contributed by atoms with Crippen LogP contribution >= 0.6 is 0 Å². The number of carbonyl (C=O) groups excluding carboxylic acids is 2. The topological polar surface area (TPSA) is 117 Å². The quantitative estimate of drug-likeness (QED) is 0.528. The van der Waals surface area contributed by atoms with Crippen LogP contribution in [0.25, 0.3) is 0 Å². The van der Waals surface area contributed by atoms with Crippen molar-refractivity contribution >= 4 is 33.2 Å². The van der Waals surface area contributed by atoms with Crippen molar-refractivity contribution in [1.29, 1.82) is 0 Å². The number of nitrogens with one attached hydrogen (secondary N) is 3. The van der Waals surface area contributed by atoms with Crippen LogP contribution in [0, 0.1) is 0 Å². The van der Waals surface area contributed by atoms with Gasteiger partial charge in [-0.3, -0.25) is 14.6 Å². The van der Waals surface area contributed by atoms with Gasteiger partial charge in [-0.15, -0.1) is 0 Å². The molecule has 0 unspecified atom stereocenters. The van der Waals surface area contributed by atoms with Gasteiger partial charge in [-0.25, -0.2) is 13.1 Å². The SMILES string of the molecule is CC(C)(C)NS(=O)(=O)c1ccc(C(=O)Nc2cccc(C(=O)Nc3ccncc3)c2)cc1. The Morgan fingerprint density at radius 1 is 0.781 bits per heavy atom. The molecule has 0 aliphatic rings. The van der Waals surface area contributed by atoms with E-state index in [-0.39, 0.29) is 16.4 Å². The van der Waals surface area contributed by atoms with Crippen molar-refractivity contribution in [2.24, 2.45) is 0 Å². The molecule has 8 nitrogen and oxygen atoms in total. The van der Waals surface area contributed by atoms with Gasteiger partial charge in [-0.1, -0.05) is 6.07 Å². The van der Waals surface area contributed by atoms with E-state index >= 15 is 0 Å². The van der Waals surface area contributed by atoms with Gasteiger partial charge in [0, 0.05) is 40.4 Å². The Hall–Kier alpha value is -3.56. The summed E-state index contributed by atoms with van der Waals surface area (Å²) < 4.78 is 27.4. The molecule has 0 aliphatic heterocycles. The fourth-order valence-corrected chi connectivity index (χ4v) is 4.25. The first-order valence-corrected chi connectivity index (χ1v) is 11.3. The van der Waals surface area contributed by atoms with Gasteiger partial charge in [-0.2, -0.15) is 0 Å². The zero-order valence-corrected chi connectivity index (χ0v) is 18.7. The number of rotatable bonds is 6. The van der Waals surface area contributed by atoms with Gasteiger partial charge >= 0.3 is 0 Å². The first-order valence-electron chi connectivity index (χ1n) is 9.80. The Morgan fingerprint density at radius 3 is 2.00 bits per heavy atom. The number of anilines is 2. The monoisotopic (exact) mass is 452 g/mol. The maximum absolute atomic E-state index is 12.6. The van der Waals surface area contributed by atoms with Crippen LogP contribution in [0.4, 0.5) is 11.4 Å². The molecule has 0 saturated carbocycles. The van der Waals surface area contributed by atoms with Crippen LogP contribution in [0.5, 0.6) is 0 Å². The highest BCUT2D eigenvalue weighted by molar-refractivity contribution is 7.89. The highest BCUT2D eigenvalue weighted by atomic mass is 32.2. The van der Waals surface area contributed by atoms with Gasteiger partial charge < -0.3 is 10.6 Å². The summed E-state index contributed by atoms with van der Waals surface area (Å²) in [7, 11) is -3.69. The fraction of sp³-hybridized carbons (Fsp3) is 0.174. The third kappa shape index (κ3) is 6.22. The largest absolute Gasteiger partial charge is 0.322 e. The van der Waals surface area contributed by atoms with E-state index in [2.05, 4.69) is 20.3 Å². The normalized spacial score (nSPS) is 11.6. The molecule has 32 heavy (non-hydrogen) atoms. The van der Waals surface area contributed by atoms with Crippen LogP contribution in [0.3, 0.4) is 0 Å². The van der Waals surface area contributed by atoms with E-state index in [0.29, 0.717) is 16.9 Å². The summed E-state index contributed by atoms with van der Waals surface area (Å²) in [6, 6.07) is 15.5. The lowest BCUT2D eigenvalue weighted by Crippen LogP contribution is -2.40. The van der Waals surface area contributed by atoms with Gasteiger partial charge in [0.2, 0.25) is 10.0 Å². The summed E-state index contributed by atoms with van der Waals surface area (Å²) in [6.07, 6.45) is 3.14. The molecule has 0 bridgehead atoms. The molecule has 3 aromatic rings. The van der Waals surface area contributed by atoms with Crippen LogP contribution < -0.4 is 15.4 Å². The van der Waals surface area contributed by atoms with E-state index in [9.17, 15) is 18.0 Å². The first-order chi connectivity index (χ1) is 15.0. The second-order valence-corrected chi connectivity index (χ2v) is 9.79. The summed E-state index contributed by atoms with van der Waals surface area (Å²) in [6.45, 7) is 5.24. The zero-order valence-electron chi connectivity index (χ0n) is 17.9. The summed E-state index contributed by atoms with van der Waals surface area (Å²) in [5.41, 5.74) is 1.07. The highest BCUT2D eigenvalue weighted by Gasteiger charge is 2.22. The van der Waals surface area contributed by atoms with Crippen LogP contribution in [0.1, 0.15) is 41.5 Å². The minimum absolute atomic E-state index is 0.0683. The second kappa shape index (κ2) is 9.29. The first kappa shape index (κ1) is 23.1. The lowest BCUT2D eigenvalue weighted by molar-refractivity contribution is 0.101. The summed E-state index contributed by atoms with van der Waals surface area (Å²) in [5, 5.41) is 5.47. The van der Waals surface area contributed by atoms with Gasteiger partial charge in [0.05, 0.1) is 4.90 Å². The van der Waals surface area contributed by atoms with Crippen molar-refractivity contribution in [2.75, 3.05) is 10.6 Å². The van der Waals surface area contributed by atoms with Crippen molar-refractivity contribution in [3.63, 3.8) is 0 Å². The third-order valence-electron chi connectivity index (χ3n) is 4.19. The third-order valence-corrected chi connectivity index (χ3v) is 5.96. The van der Waals surface area contributed by atoms with Crippen molar-refractivity contribution in [3.05, 3.63) is 84.2 Å². The maximum atomic E-state index is 12.6. The molecule has 2 amide bonds. The Balaban J connectivity index is 1.70. The molecule has 0 radical (unpaired) electrons.